The van der Waals surface area contributed by atoms with Crippen molar-refractivity contribution >= 4 is 28.2 Å². The van der Waals surface area contributed by atoms with Crippen LogP contribution >= 0.6 is 11.3 Å². The molecule has 0 bridgehead atoms. The summed E-state index contributed by atoms with van der Waals surface area (Å²) < 4.78 is 5.63. The first-order valence-electron chi connectivity index (χ1n) is 8.95. The summed E-state index contributed by atoms with van der Waals surface area (Å²) in [5.41, 5.74) is 3.23. The van der Waals surface area contributed by atoms with E-state index in [4.69, 9.17) is 9.40 Å². The number of nitrogens with one attached hydrogen (secondary N) is 1. The minimum Gasteiger partial charge on any atom is -0.451 e. The van der Waals surface area contributed by atoms with Gasteiger partial charge < -0.3 is 9.73 Å². The second-order valence-electron chi connectivity index (χ2n) is 6.70. The van der Waals surface area contributed by atoms with Crippen LogP contribution in [-0.2, 0) is 19.3 Å². The lowest BCUT2D eigenvalue weighted by Gasteiger charge is -2.06. The Morgan fingerprint density at radius 1 is 1.28 bits per heavy atom. The summed E-state index contributed by atoms with van der Waals surface area (Å²) in [6.45, 7) is 2.67. The van der Waals surface area contributed by atoms with Gasteiger partial charge in [0.05, 0.1) is 10.7 Å². The van der Waals surface area contributed by atoms with Gasteiger partial charge >= 0.3 is 0 Å². The van der Waals surface area contributed by atoms with E-state index in [1.807, 2.05) is 42.5 Å². The number of benzene rings is 1. The van der Waals surface area contributed by atoms with Crippen molar-refractivity contribution in [1.82, 2.24) is 10.3 Å². The van der Waals surface area contributed by atoms with Crippen molar-refractivity contribution in [3.8, 4) is 0 Å². The average molecular weight is 354 g/mol. The monoisotopic (exact) mass is 354 g/mol. The summed E-state index contributed by atoms with van der Waals surface area (Å²) in [4.78, 5) is 18.5. The van der Waals surface area contributed by atoms with Gasteiger partial charge in [0, 0.05) is 23.2 Å². The van der Waals surface area contributed by atoms with E-state index in [1.54, 1.807) is 0 Å². The number of furan rings is 1. The van der Waals surface area contributed by atoms with Crippen LogP contribution in [0.4, 0.5) is 0 Å². The largest absolute Gasteiger partial charge is 0.451 e. The Kier molecular flexibility index (Phi) is 4.57. The molecule has 0 atom stereocenters. The van der Waals surface area contributed by atoms with Crippen molar-refractivity contribution in [3.63, 3.8) is 0 Å². The quantitative estimate of drug-likeness (QED) is 0.689. The van der Waals surface area contributed by atoms with Gasteiger partial charge in [-0.25, -0.2) is 4.98 Å². The minimum absolute atomic E-state index is 0.146. The fourth-order valence-electron chi connectivity index (χ4n) is 3.32. The van der Waals surface area contributed by atoms with Crippen molar-refractivity contribution in [2.75, 3.05) is 6.54 Å². The van der Waals surface area contributed by atoms with Crippen LogP contribution in [0.25, 0.3) is 11.0 Å². The maximum Gasteiger partial charge on any atom is 0.287 e. The highest BCUT2D eigenvalue weighted by Crippen LogP contribution is 2.27. The van der Waals surface area contributed by atoms with Crippen LogP contribution < -0.4 is 5.32 Å². The van der Waals surface area contributed by atoms with Gasteiger partial charge in [-0.3, -0.25) is 4.79 Å². The van der Waals surface area contributed by atoms with E-state index in [0.29, 0.717) is 12.3 Å². The maximum absolute atomic E-state index is 12.3. The van der Waals surface area contributed by atoms with Crippen molar-refractivity contribution in [1.29, 1.82) is 0 Å². The molecule has 3 aromatic rings. The van der Waals surface area contributed by atoms with Gasteiger partial charge in [0.1, 0.15) is 5.58 Å². The van der Waals surface area contributed by atoms with Gasteiger partial charge in [-0.05, 0) is 57.2 Å². The molecule has 0 aliphatic heterocycles. The lowest BCUT2D eigenvalue weighted by molar-refractivity contribution is 0.0927. The lowest BCUT2D eigenvalue weighted by Crippen LogP contribution is -2.24. The van der Waals surface area contributed by atoms with E-state index >= 15 is 0 Å². The first-order chi connectivity index (χ1) is 12.2. The molecule has 1 aliphatic rings. The highest BCUT2D eigenvalue weighted by atomic mass is 32.1. The zero-order valence-electron chi connectivity index (χ0n) is 14.4. The summed E-state index contributed by atoms with van der Waals surface area (Å²) in [6.07, 6.45) is 6.71. The molecule has 4 rings (SSSR count). The molecule has 25 heavy (non-hydrogen) atoms. The van der Waals surface area contributed by atoms with E-state index in [-0.39, 0.29) is 5.91 Å². The van der Waals surface area contributed by atoms with E-state index in [1.165, 1.54) is 34.8 Å². The normalized spacial score (nSPS) is 13.8. The van der Waals surface area contributed by atoms with Crippen molar-refractivity contribution in [2.45, 2.75) is 45.4 Å². The predicted octanol–water partition coefficient (Wildman–Crippen LogP) is 4.44. The van der Waals surface area contributed by atoms with Gasteiger partial charge in [0.2, 0.25) is 0 Å². The Balaban J connectivity index is 1.30. The van der Waals surface area contributed by atoms with E-state index in [0.717, 1.165) is 35.8 Å². The van der Waals surface area contributed by atoms with Crippen LogP contribution in [-0.4, -0.2) is 17.4 Å². The number of amides is 1. The fourth-order valence-corrected chi connectivity index (χ4v) is 4.51. The maximum atomic E-state index is 12.3. The number of fused-ring (bicyclic) bond motifs is 2. The third kappa shape index (κ3) is 3.61. The number of hydrogen-bond donors (Lipinski definition) is 1. The predicted molar refractivity (Wildman–Crippen MR) is 100 cm³/mol. The Labute approximate surface area is 151 Å². The molecule has 0 fully saturated rings. The number of hydrogen-bond acceptors (Lipinski definition) is 4. The zero-order chi connectivity index (χ0) is 17.2. The van der Waals surface area contributed by atoms with Crippen LogP contribution in [0.15, 0.2) is 28.7 Å². The molecule has 1 N–H and O–H groups in total. The summed E-state index contributed by atoms with van der Waals surface area (Å²) in [7, 11) is 0. The molecular weight excluding hydrogens is 332 g/mol. The molecule has 0 unspecified atom stereocenters. The smallest absolute Gasteiger partial charge is 0.287 e. The van der Waals surface area contributed by atoms with Gasteiger partial charge in [-0.2, -0.15) is 0 Å². The molecule has 0 saturated heterocycles. The number of aromatic nitrogens is 1. The van der Waals surface area contributed by atoms with Gasteiger partial charge in [-0.1, -0.05) is 11.6 Å². The second-order valence-corrected chi connectivity index (χ2v) is 7.86. The Bertz CT molecular complexity index is 886. The lowest BCUT2D eigenvalue weighted by atomic mass is 10.0. The molecule has 0 spiro atoms. The SMILES string of the molecule is Cc1ccc2oc(C(=O)NCCCc3nc4c(s3)CCCC4)cc2c1. The highest BCUT2D eigenvalue weighted by Gasteiger charge is 2.15. The number of nitrogens with zero attached hydrogens (tertiary/aromatic N) is 1. The zero-order valence-corrected chi connectivity index (χ0v) is 15.2. The van der Waals surface area contributed by atoms with Crippen LogP contribution in [0.3, 0.4) is 0 Å². The second kappa shape index (κ2) is 7.00. The van der Waals surface area contributed by atoms with Gasteiger partial charge in [-0.15, -0.1) is 11.3 Å². The first-order valence-corrected chi connectivity index (χ1v) is 9.76. The molecule has 1 aliphatic carbocycles. The van der Waals surface area contributed by atoms with Crippen LogP contribution in [0.2, 0.25) is 0 Å². The molecule has 1 aromatic carbocycles. The summed E-state index contributed by atoms with van der Waals surface area (Å²) in [5, 5.41) is 5.13. The number of carbonyl (C=O) groups is 1. The van der Waals surface area contributed by atoms with Crippen LogP contribution in [0.1, 0.15) is 51.0 Å². The van der Waals surface area contributed by atoms with Crippen molar-refractivity contribution < 1.29 is 9.21 Å². The number of carbonyl (C=O) groups excluding carboxylic acids is 1. The van der Waals surface area contributed by atoms with Crippen LogP contribution in [0, 0.1) is 6.92 Å². The Morgan fingerprint density at radius 3 is 3.04 bits per heavy atom. The third-order valence-corrected chi connectivity index (χ3v) is 5.86. The molecule has 2 aromatic heterocycles. The third-order valence-electron chi connectivity index (χ3n) is 4.64. The number of thiazole rings is 1. The molecule has 4 nitrogen and oxygen atoms in total. The van der Waals surface area contributed by atoms with E-state index in [9.17, 15) is 4.79 Å². The molecule has 130 valence electrons. The summed E-state index contributed by atoms with van der Waals surface area (Å²) in [6, 6.07) is 7.74. The highest BCUT2D eigenvalue weighted by molar-refractivity contribution is 7.11. The molecule has 5 heteroatoms. The van der Waals surface area contributed by atoms with Crippen LogP contribution in [0.5, 0.6) is 0 Å². The van der Waals surface area contributed by atoms with E-state index < -0.39 is 0 Å². The molecule has 0 radical (unpaired) electrons. The molecule has 2 heterocycles. The Hall–Kier alpha value is -2.14. The molecule has 1 amide bonds. The van der Waals surface area contributed by atoms with Gasteiger partial charge in [0.25, 0.3) is 5.91 Å². The standard InChI is InChI=1S/C20H22N2O2S/c1-13-8-9-16-14(11-13)12-17(24-16)20(23)21-10-4-7-19-22-15-5-2-3-6-18(15)25-19/h8-9,11-12H,2-7,10H2,1H3,(H,21,23). The number of rotatable bonds is 5. The van der Waals surface area contributed by atoms with Crippen molar-refractivity contribution in [3.05, 3.63) is 51.2 Å². The minimum atomic E-state index is -0.146. The Morgan fingerprint density at radius 2 is 2.16 bits per heavy atom. The summed E-state index contributed by atoms with van der Waals surface area (Å²) in [5.74, 6) is 0.234. The topological polar surface area (TPSA) is 55.1 Å². The average Bonchev–Trinajstić information content (AvgIpc) is 3.21. The first kappa shape index (κ1) is 16.3. The van der Waals surface area contributed by atoms with Gasteiger partial charge in [0.15, 0.2) is 5.76 Å². The fraction of sp³-hybridized carbons (Fsp3) is 0.400. The number of aryl methyl sites for hydroxylation is 4. The van der Waals surface area contributed by atoms with E-state index in [2.05, 4.69) is 5.32 Å². The molecular formula is C20H22N2O2S. The van der Waals surface area contributed by atoms with Crippen molar-refractivity contribution in [2.24, 2.45) is 0 Å². The molecule has 0 saturated carbocycles. The summed E-state index contributed by atoms with van der Waals surface area (Å²) >= 11 is 1.85.